The number of aliphatic carboxylic acids is 1. The Morgan fingerprint density at radius 3 is 2.30 bits per heavy atom. The molecule has 0 spiro atoms. The maximum absolute atomic E-state index is 10.4. The van der Waals surface area contributed by atoms with Crippen molar-refractivity contribution in [3.05, 3.63) is 0 Å². The number of rotatable bonds is 10. The smallest absolute Gasteiger partial charge is 0.451 e. The van der Waals surface area contributed by atoms with E-state index in [-0.39, 0.29) is 18.7 Å². The van der Waals surface area contributed by atoms with Gasteiger partial charge in [0.15, 0.2) is 0 Å². The number of likely N-dealkylation sites (N-methyl/N-ethyl adjacent to an activating group) is 1. The van der Waals surface area contributed by atoms with E-state index in [9.17, 15) is 4.79 Å². The summed E-state index contributed by atoms with van der Waals surface area (Å²) in [5.41, 5.74) is 5.87. The van der Waals surface area contributed by atoms with Crippen molar-refractivity contribution >= 4 is 19.2 Å². The van der Waals surface area contributed by atoms with E-state index in [1.807, 2.05) is 0 Å². The lowest BCUT2D eigenvalue weighted by Crippen LogP contribution is -2.31. The van der Waals surface area contributed by atoms with Gasteiger partial charge in [-0.2, -0.15) is 9.59 Å². The molecule has 0 aromatic carbocycles. The van der Waals surface area contributed by atoms with E-state index in [2.05, 4.69) is 0 Å². The Balaban J connectivity index is 0. The van der Waals surface area contributed by atoms with Crippen LogP contribution in [0, 0.1) is 0 Å². The highest BCUT2D eigenvalue weighted by molar-refractivity contribution is 6.40. The van der Waals surface area contributed by atoms with Crippen LogP contribution in [0.5, 0.6) is 0 Å². The van der Waals surface area contributed by atoms with E-state index >= 15 is 0 Å². The zero-order valence-corrected chi connectivity index (χ0v) is 11.7. The van der Waals surface area contributed by atoms with Gasteiger partial charge in [-0.15, -0.1) is 0 Å². The number of hydrogen-bond acceptors (Lipinski definition) is 7. The molecule has 0 heterocycles. The van der Waals surface area contributed by atoms with Gasteiger partial charge in [0.2, 0.25) is 0 Å². The number of nitrogens with zero attached hydrogens (tertiary/aromatic N) is 1. The van der Waals surface area contributed by atoms with Crippen LogP contribution in [0.15, 0.2) is 0 Å². The lowest BCUT2D eigenvalue weighted by Gasteiger charge is -2.17. The number of nitrogens with two attached hydrogens (primary N) is 1. The molecule has 0 aliphatic heterocycles. The molecule has 1 unspecified atom stereocenters. The van der Waals surface area contributed by atoms with Crippen molar-refractivity contribution in [3.63, 3.8) is 0 Å². The Morgan fingerprint density at radius 2 is 1.85 bits per heavy atom. The summed E-state index contributed by atoms with van der Waals surface area (Å²) in [7, 11) is 0.524. The van der Waals surface area contributed by atoms with Crippen LogP contribution >= 0.6 is 0 Å². The fourth-order valence-electron chi connectivity index (χ4n) is 1.57. The number of hydrogen-bond donors (Lipinski definition) is 4. The molecule has 0 saturated heterocycles. The average molecular weight is 290 g/mol. The minimum Gasteiger partial charge on any atom is -0.480 e. The van der Waals surface area contributed by atoms with Gasteiger partial charge in [-0.1, -0.05) is 12.8 Å². The quantitative estimate of drug-likeness (QED) is 0.290. The van der Waals surface area contributed by atoms with Crippen molar-refractivity contribution in [2.24, 2.45) is 5.73 Å². The molecule has 0 aromatic heterocycles. The summed E-state index contributed by atoms with van der Waals surface area (Å²) in [4.78, 5) is 28.4. The van der Waals surface area contributed by atoms with Crippen molar-refractivity contribution < 1.29 is 29.5 Å². The van der Waals surface area contributed by atoms with Crippen LogP contribution in [-0.2, 0) is 14.4 Å². The fraction of sp³-hybridized carbons (Fsp3) is 0.818. The second-order valence-electron chi connectivity index (χ2n) is 4.53. The molecular formula is C11H23BN2O6. The molecule has 0 aromatic rings. The molecule has 0 bridgehead atoms. The van der Waals surface area contributed by atoms with Crippen LogP contribution < -0.4 is 5.73 Å². The standard InChI is InChI=1S/C10H23BN2O4.CO2/c1-13(8-10(14)15)7-5-9(12)4-2-3-6-11(16)17;2-1-3/h9,16-17H,2-8,12H2,1H3,(H,14,15);. The van der Waals surface area contributed by atoms with E-state index in [1.54, 1.807) is 11.9 Å². The topological polar surface area (TPSA) is 141 Å². The van der Waals surface area contributed by atoms with Crippen LogP contribution in [0.1, 0.15) is 25.7 Å². The molecule has 8 nitrogen and oxygen atoms in total. The third-order valence-electron chi connectivity index (χ3n) is 2.57. The summed E-state index contributed by atoms with van der Waals surface area (Å²) in [6, 6.07) is 0.0436. The van der Waals surface area contributed by atoms with Gasteiger partial charge >= 0.3 is 19.2 Å². The van der Waals surface area contributed by atoms with Gasteiger partial charge < -0.3 is 20.9 Å². The van der Waals surface area contributed by atoms with Gasteiger partial charge in [-0.3, -0.25) is 9.69 Å². The van der Waals surface area contributed by atoms with E-state index < -0.39 is 13.1 Å². The van der Waals surface area contributed by atoms with Crippen molar-refractivity contribution in [2.45, 2.75) is 38.0 Å². The largest absolute Gasteiger partial charge is 0.480 e. The molecule has 0 saturated carbocycles. The van der Waals surface area contributed by atoms with Crippen molar-refractivity contribution in [1.29, 1.82) is 0 Å². The molecule has 1 atom stereocenters. The molecule has 20 heavy (non-hydrogen) atoms. The number of carboxylic acids is 1. The summed E-state index contributed by atoms with van der Waals surface area (Å²) >= 11 is 0. The third kappa shape index (κ3) is 19.1. The highest BCUT2D eigenvalue weighted by Crippen LogP contribution is 2.06. The van der Waals surface area contributed by atoms with Gasteiger partial charge in [0.1, 0.15) is 0 Å². The van der Waals surface area contributed by atoms with Gasteiger partial charge in [0, 0.05) is 6.04 Å². The normalized spacial score (nSPS) is 11.2. The second-order valence-corrected chi connectivity index (χ2v) is 4.53. The zero-order valence-electron chi connectivity index (χ0n) is 11.7. The first-order valence-corrected chi connectivity index (χ1v) is 6.34. The van der Waals surface area contributed by atoms with Gasteiger partial charge in [0.25, 0.3) is 0 Å². The Hall–Kier alpha value is -1.25. The van der Waals surface area contributed by atoms with Gasteiger partial charge in [-0.05, 0) is 32.8 Å². The number of carboxylic acid groups (broad SMARTS) is 1. The predicted octanol–water partition coefficient (Wildman–Crippen LogP) is -1.22. The number of carbonyl (C=O) groups is 1. The van der Waals surface area contributed by atoms with Crippen LogP contribution in [0.2, 0.25) is 6.32 Å². The number of unbranched alkanes of at least 4 members (excludes halogenated alkanes) is 1. The maximum Gasteiger partial charge on any atom is 0.451 e. The summed E-state index contributed by atoms with van der Waals surface area (Å²) in [6.45, 7) is 0.694. The summed E-state index contributed by atoms with van der Waals surface area (Å²) in [5.74, 6) is -0.835. The van der Waals surface area contributed by atoms with Crippen molar-refractivity contribution in [1.82, 2.24) is 4.90 Å². The number of carbonyl (C=O) groups excluding carboxylic acids is 2. The fourth-order valence-corrected chi connectivity index (χ4v) is 1.57. The molecular weight excluding hydrogens is 267 g/mol. The molecule has 0 aliphatic rings. The van der Waals surface area contributed by atoms with E-state index in [0.29, 0.717) is 12.9 Å². The molecule has 0 rings (SSSR count). The van der Waals surface area contributed by atoms with E-state index in [4.69, 9.17) is 30.5 Å². The summed E-state index contributed by atoms with van der Waals surface area (Å²) < 4.78 is 0. The molecule has 9 heteroatoms. The predicted molar refractivity (Wildman–Crippen MR) is 71.6 cm³/mol. The van der Waals surface area contributed by atoms with Gasteiger partial charge in [-0.25, -0.2) is 0 Å². The molecule has 0 aliphatic carbocycles. The van der Waals surface area contributed by atoms with Crippen LogP contribution in [0.4, 0.5) is 0 Å². The average Bonchev–Trinajstić information content (AvgIpc) is 2.32. The Kier molecular flexibility index (Phi) is 14.9. The summed E-state index contributed by atoms with van der Waals surface area (Å²) in [6.07, 6.45) is 3.82. The minimum absolute atomic E-state index is 0.0312. The lowest BCUT2D eigenvalue weighted by molar-refractivity contribution is -0.191. The first kappa shape index (κ1) is 21.1. The van der Waals surface area contributed by atoms with Gasteiger partial charge in [0.05, 0.1) is 6.54 Å². The monoisotopic (exact) mass is 290 g/mol. The highest BCUT2D eigenvalue weighted by atomic mass is 16.4. The Morgan fingerprint density at radius 1 is 1.30 bits per heavy atom. The zero-order chi connectivity index (χ0) is 16.0. The Bertz CT molecular complexity index is 284. The highest BCUT2D eigenvalue weighted by Gasteiger charge is 2.09. The summed E-state index contributed by atoms with van der Waals surface area (Å²) in [5, 5.41) is 25.8. The first-order chi connectivity index (χ1) is 9.33. The Labute approximate surface area is 118 Å². The first-order valence-electron chi connectivity index (χ1n) is 6.34. The van der Waals surface area contributed by atoms with Crippen LogP contribution in [0.25, 0.3) is 0 Å². The maximum atomic E-state index is 10.4. The van der Waals surface area contributed by atoms with E-state index in [0.717, 1.165) is 25.7 Å². The molecule has 0 fully saturated rings. The second kappa shape index (κ2) is 14.2. The molecule has 0 amide bonds. The minimum atomic E-state index is -1.23. The van der Waals surface area contributed by atoms with Crippen molar-refractivity contribution in [3.8, 4) is 0 Å². The lowest BCUT2D eigenvalue weighted by atomic mass is 9.83. The third-order valence-corrected chi connectivity index (χ3v) is 2.57. The molecule has 5 N–H and O–H groups in total. The van der Waals surface area contributed by atoms with Crippen molar-refractivity contribution in [2.75, 3.05) is 20.1 Å². The SMILES string of the molecule is CN(CCC(N)CCCCB(O)O)CC(=O)O.O=C=O. The van der Waals surface area contributed by atoms with Crippen LogP contribution in [-0.4, -0.2) is 65.5 Å². The van der Waals surface area contributed by atoms with Crippen LogP contribution in [0.3, 0.4) is 0 Å². The molecule has 116 valence electrons. The molecule has 0 radical (unpaired) electrons. The van der Waals surface area contributed by atoms with E-state index in [1.165, 1.54) is 0 Å².